The fourth-order valence-corrected chi connectivity index (χ4v) is 13.6. The predicted molar refractivity (Wildman–Crippen MR) is 223 cm³/mol. The summed E-state index contributed by atoms with van der Waals surface area (Å²) in [5, 5.41) is 0.741. The van der Waals surface area contributed by atoms with Gasteiger partial charge in [0.05, 0.1) is 0 Å². The molecule has 2 aromatic rings. The molecule has 0 spiro atoms. The van der Waals surface area contributed by atoms with E-state index in [0.717, 1.165) is 11.2 Å². The van der Waals surface area contributed by atoms with E-state index in [4.69, 9.17) is 0 Å². The van der Waals surface area contributed by atoms with Gasteiger partial charge in [0.2, 0.25) is 0 Å². The van der Waals surface area contributed by atoms with Gasteiger partial charge in [-0.05, 0) is 134 Å². The Bertz CT molecular complexity index is 1580. The first-order chi connectivity index (χ1) is 22.6. The van der Waals surface area contributed by atoms with Gasteiger partial charge in [-0.15, -0.1) is 0 Å². The van der Waals surface area contributed by atoms with Crippen molar-refractivity contribution in [3.63, 3.8) is 0 Å². The first kappa shape index (κ1) is 38.0. The van der Waals surface area contributed by atoms with Gasteiger partial charge < -0.3 is 0 Å². The van der Waals surface area contributed by atoms with Gasteiger partial charge in [0.1, 0.15) is 0 Å². The molecule has 6 atom stereocenters. The third kappa shape index (κ3) is 8.14. The van der Waals surface area contributed by atoms with E-state index in [9.17, 15) is 0 Å². The molecule has 5 rings (SSSR count). The van der Waals surface area contributed by atoms with Crippen LogP contribution in [0.1, 0.15) is 131 Å². The van der Waals surface area contributed by atoms with Crippen LogP contribution in [0.3, 0.4) is 0 Å². The summed E-state index contributed by atoms with van der Waals surface area (Å²) in [7, 11) is -0.927. The van der Waals surface area contributed by atoms with Gasteiger partial charge >= 0.3 is 0 Å². The van der Waals surface area contributed by atoms with Crippen LogP contribution in [0.15, 0.2) is 78.4 Å². The van der Waals surface area contributed by atoms with Crippen LogP contribution >= 0.6 is 10.0 Å². The standard InChI is InChI=1S/C48H70S/c1-31(2)25-42-40(35-27-37(47(8,9)10)29-38(28-35)48(11,12)13)24-19-32(3)44(42)30-49(14,15)45-33(4)26-43-39(17-16-18-41(43)45)34-20-22-36(23-21-34)46(5,6)7/h16-24,27-29,31,33,41-45H,25-26,30H2,1-15H3. The van der Waals surface area contributed by atoms with E-state index in [0.29, 0.717) is 29.6 Å². The molecule has 6 unspecified atom stereocenters. The molecular weight excluding hydrogens is 609 g/mol. The van der Waals surface area contributed by atoms with Crippen LogP contribution in [0.5, 0.6) is 0 Å². The van der Waals surface area contributed by atoms with Crippen molar-refractivity contribution in [3.05, 3.63) is 106 Å². The number of hydrogen-bond donors (Lipinski definition) is 0. The van der Waals surface area contributed by atoms with E-state index in [-0.39, 0.29) is 16.2 Å². The zero-order chi connectivity index (χ0) is 36.3. The van der Waals surface area contributed by atoms with E-state index in [2.05, 4.69) is 175 Å². The Morgan fingerprint density at radius 1 is 0.694 bits per heavy atom. The number of fused-ring (bicyclic) bond motifs is 1. The molecule has 3 aliphatic carbocycles. The number of benzene rings is 2. The monoisotopic (exact) mass is 679 g/mol. The zero-order valence-electron chi connectivity index (χ0n) is 34.0. The van der Waals surface area contributed by atoms with Crippen molar-refractivity contribution in [1.82, 2.24) is 0 Å². The molecule has 0 radical (unpaired) electrons. The van der Waals surface area contributed by atoms with E-state index in [1.54, 1.807) is 16.7 Å². The van der Waals surface area contributed by atoms with Crippen LogP contribution in [0.2, 0.25) is 0 Å². The molecule has 0 nitrogen and oxygen atoms in total. The highest BCUT2D eigenvalue weighted by Crippen LogP contribution is 2.63. The molecule has 49 heavy (non-hydrogen) atoms. The molecule has 1 heteroatoms. The maximum absolute atomic E-state index is 2.70. The summed E-state index contributed by atoms with van der Waals surface area (Å²) in [5.74, 6) is 5.09. The zero-order valence-corrected chi connectivity index (χ0v) is 34.8. The average Bonchev–Trinajstić information content (AvgIpc) is 3.34. The van der Waals surface area contributed by atoms with Crippen molar-refractivity contribution in [3.8, 4) is 0 Å². The minimum absolute atomic E-state index is 0.112. The highest BCUT2D eigenvalue weighted by Gasteiger charge is 2.48. The summed E-state index contributed by atoms with van der Waals surface area (Å²) >= 11 is 0. The van der Waals surface area contributed by atoms with Gasteiger partial charge in [0.25, 0.3) is 0 Å². The highest BCUT2D eigenvalue weighted by molar-refractivity contribution is 8.33. The first-order valence-corrected chi connectivity index (χ1v) is 22.0. The minimum Gasteiger partial charge on any atom is -0.242 e. The van der Waals surface area contributed by atoms with Crippen LogP contribution in [-0.4, -0.2) is 23.5 Å². The van der Waals surface area contributed by atoms with Crippen LogP contribution in [0.25, 0.3) is 11.1 Å². The topological polar surface area (TPSA) is 0 Å². The van der Waals surface area contributed by atoms with Crippen molar-refractivity contribution < 1.29 is 0 Å². The molecule has 0 aromatic heterocycles. The third-order valence-electron chi connectivity index (χ3n) is 12.2. The van der Waals surface area contributed by atoms with Gasteiger partial charge in [0.15, 0.2) is 0 Å². The lowest BCUT2D eigenvalue weighted by Gasteiger charge is -2.48. The third-order valence-corrected chi connectivity index (χ3v) is 15.7. The molecule has 0 saturated heterocycles. The molecule has 1 saturated carbocycles. The van der Waals surface area contributed by atoms with Crippen LogP contribution in [0.4, 0.5) is 0 Å². The molecule has 0 amide bonds. The molecular formula is C48H70S. The van der Waals surface area contributed by atoms with E-state index < -0.39 is 10.0 Å². The Morgan fingerprint density at radius 2 is 1.27 bits per heavy atom. The van der Waals surface area contributed by atoms with Gasteiger partial charge in [-0.1, -0.05) is 162 Å². The maximum atomic E-state index is 2.70. The lowest BCUT2D eigenvalue weighted by atomic mass is 9.71. The van der Waals surface area contributed by atoms with Crippen LogP contribution in [-0.2, 0) is 16.2 Å². The van der Waals surface area contributed by atoms with Gasteiger partial charge in [-0.2, -0.15) is 0 Å². The first-order valence-electron chi connectivity index (χ1n) is 19.3. The van der Waals surface area contributed by atoms with E-state index in [1.807, 2.05) is 0 Å². The molecule has 0 bridgehead atoms. The van der Waals surface area contributed by atoms with Crippen molar-refractivity contribution in [1.29, 1.82) is 0 Å². The Balaban J connectivity index is 1.47. The van der Waals surface area contributed by atoms with Crippen LogP contribution in [0, 0.1) is 35.5 Å². The second-order valence-corrected chi connectivity index (χ2v) is 24.3. The number of rotatable bonds is 7. The normalized spacial score (nSPS) is 26.7. The van der Waals surface area contributed by atoms with E-state index >= 15 is 0 Å². The van der Waals surface area contributed by atoms with Crippen molar-refractivity contribution in [2.75, 3.05) is 18.3 Å². The van der Waals surface area contributed by atoms with Gasteiger partial charge in [0, 0.05) is 0 Å². The smallest absolute Gasteiger partial charge is 0.00216 e. The Kier molecular flexibility index (Phi) is 10.6. The molecule has 0 N–H and O–H groups in total. The highest BCUT2D eigenvalue weighted by atomic mass is 32.3. The lowest BCUT2D eigenvalue weighted by Crippen LogP contribution is -2.35. The van der Waals surface area contributed by atoms with Crippen LogP contribution < -0.4 is 0 Å². The second kappa shape index (κ2) is 13.7. The van der Waals surface area contributed by atoms with Gasteiger partial charge in [-0.25, -0.2) is 10.0 Å². The Morgan fingerprint density at radius 3 is 1.80 bits per heavy atom. The number of allylic oxidation sites excluding steroid dienone is 8. The minimum atomic E-state index is -0.927. The molecule has 1 fully saturated rings. The second-order valence-electron chi connectivity index (χ2n) is 20.2. The van der Waals surface area contributed by atoms with E-state index in [1.165, 1.54) is 46.4 Å². The van der Waals surface area contributed by atoms with Crippen molar-refractivity contribution in [2.24, 2.45) is 35.5 Å². The molecule has 3 aliphatic rings. The average molecular weight is 679 g/mol. The molecule has 268 valence electrons. The van der Waals surface area contributed by atoms with Crippen molar-refractivity contribution >= 4 is 21.2 Å². The predicted octanol–water partition coefficient (Wildman–Crippen LogP) is 13.6. The SMILES string of the molecule is CC1=CC=C(c2cc(C(C)(C)C)cc(C(C)(C)C)c2)C(CC(C)C)C1CS(C)(C)C1C(C)CC2C(c3ccc(C(C)(C)C)cc3)=CC=CC21. The largest absolute Gasteiger partial charge is 0.242 e. The lowest BCUT2D eigenvalue weighted by molar-refractivity contribution is 0.404. The summed E-state index contributed by atoms with van der Waals surface area (Å²) in [6.07, 6.45) is 20.4. The summed E-state index contributed by atoms with van der Waals surface area (Å²) in [6, 6.07) is 17.1. The molecule has 0 heterocycles. The number of hydrogen-bond acceptors (Lipinski definition) is 0. The Hall–Kier alpha value is -2.25. The summed E-state index contributed by atoms with van der Waals surface area (Å²) in [4.78, 5) is 0. The fourth-order valence-electron chi connectivity index (χ4n) is 9.41. The maximum Gasteiger partial charge on any atom is -0.00216 e. The summed E-state index contributed by atoms with van der Waals surface area (Å²) in [6.45, 7) is 31.1. The molecule has 0 aliphatic heterocycles. The quantitative estimate of drug-likeness (QED) is 0.273. The Labute approximate surface area is 304 Å². The summed E-state index contributed by atoms with van der Waals surface area (Å²) < 4.78 is 0. The van der Waals surface area contributed by atoms with Gasteiger partial charge in [-0.3, -0.25) is 0 Å². The fraction of sp³-hybridized carbons (Fsp3) is 0.583. The molecule has 2 aromatic carbocycles. The summed E-state index contributed by atoms with van der Waals surface area (Å²) in [5.41, 5.74) is 12.4. The van der Waals surface area contributed by atoms with Crippen molar-refractivity contribution in [2.45, 2.75) is 124 Å².